The van der Waals surface area contributed by atoms with Gasteiger partial charge in [0.15, 0.2) is 0 Å². The average molecular weight is 543 g/mol. The van der Waals surface area contributed by atoms with E-state index in [1.165, 1.54) is 4.90 Å². The highest BCUT2D eigenvalue weighted by Gasteiger charge is 2.32. The Kier molecular flexibility index (Phi) is 9.25. The van der Waals surface area contributed by atoms with Crippen molar-refractivity contribution in [2.45, 2.75) is 59.7 Å². The van der Waals surface area contributed by atoms with Crippen molar-refractivity contribution in [3.63, 3.8) is 0 Å². The standard InChI is InChI=1S/C25H33Cl2N3O4S/c1-16-9-8-10-17(2)23(16)30(35(7,33)34)15-22(31)29(18(3)24(32)28-25(4,5)6)14-19-11-12-20(26)21(27)13-19/h8-13,18H,14-15H2,1-7H3,(H,28,32). The molecule has 0 saturated carbocycles. The summed E-state index contributed by atoms with van der Waals surface area (Å²) >= 11 is 12.2. The second kappa shape index (κ2) is 11.2. The van der Waals surface area contributed by atoms with Crippen LogP contribution in [0.5, 0.6) is 0 Å². The van der Waals surface area contributed by atoms with Crippen molar-refractivity contribution in [1.82, 2.24) is 10.2 Å². The summed E-state index contributed by atoms with van der Waals surface area (Å²) in [5, 5.41) is 3.56. The third-order valence-electron chi connectivity index (χ3n) is 5.37. The van der Waals surface area contributed by atoms with E-state index in [2.05, 4.69) is 5.32 Å². The minimum Gasteiger partial charge on any atom is -0.350 e. The summed E-state index contributed by atoms with van der Waals surface area (Å²) in [7, 11) is -3.80. The van der Waals surface area contributed by atoms with Gasteiger partial charge in [-0.1, -0.05) is 47.5 Å². The Hall–Kier alpha value is -2.29. The first kappa shape index (κ1) is 28.9. The number of anilines is 1. The van der Waals surface area contributed by atoms with Crippen molar-refractivity contribution in [3.05, 3.63) is 63.1 Å². The van der Waals surface area contributed by atoms with Crippen molar-refractivity contribution in [2.75, 3.05) is 17.1 Å². The molecule has 10 heteroatoms. The molecule has 0 bridgehead atoms. The lowest BCUT2D eigenvalue weighted by Gasteiger charge is -2.33. The van der Waals surface area contributed by atoms with Crippen LogP contribution in [0.2, 0.25) is 10.0 Å². The summed E-state index contributed by atoms with van der Waals surface area (Å²) in [4.78, 5) is 28.0. The maximum Gasteiger partial charge on any atom is 0.244 e. The lowest BCUT2D eigenvalue weighted by Crippen LogP contribution is -2.54. The molecule has 0 fully saturated rings. The van der Waals surface area contributed by atoms with E-state index in [0.717, 1.165) is 21.7 Å². The van der Waals surface area contributed by atoms with Crippen LogP contribution in [0.25, 0.3) is 0 Å². The zero-order valence-corrected chi connectivity index (χ0v) is 23.5. The number of amides is 2. The number of carbonyl (C=O) groups excluding carboxylic acids is 2. The summed E-state index contributed by atoms with van der Waals surface area (Å²) < 4.78 is 26.6. The van der Waals surface area contributed by atoms with Crippen LogP contribution in [0, 0.1) is 13.8 Å². The van der Waals surface area contributed by atoms with Gasteiger partial charge >= 0.3 is 0 Å². The highest BCUT2D eigenvalue weighted by Crippen LogP contribution is 2.28. The molecule has 2 aromatic carbocycles. The van der Waals surface area contributed by atoms with Gasteiger partial charge in [-0.05, 0) is 70.4 Å². The molecule has 35 heavy (non-hydrogen) atoms. The minimum atomic E-state index is -3.80. The number of rotatable bonds is 8. The van der Waals surface area contributed by atoms with Crippen LogP contribution in [0.15, 0.2) is 36.4 Å². The minimum absolute atomic E-state index is 0.0405. The molecule has 0 aromatic heterocycles. The Labute approximate surface area is 218 Å². The fraction of sp³-hybridized carbons (Fsp3) is 0.440. The number of sulfonamides is 1. The van der Waals surface area contributed by atoms with Crippen molar-refractivity contribution < 1.29 is 18.0 Å². The second-order valence-electron chi connectivity index (χ2n) is 9.70. The zero-order valence-electron chi connectivity index (χ0n) is 21.1. The van der Waals surface area contributed by atoms with Gasteiger partial charge in [0.05, 0.1) is 22.0 Å². The molecule has 7 nitrogen and oxygen atoms in total. The number of carbonyl (C=O) groups is 2. The lowest BCUT2D eigenvalue weighted by atomic mass is 10.1. The largest absolute Gasteiger partial charge is 0.350 e. The van der Waals surface area contributed by atoms with E-state index in [1.807, 2.05) is 26.8 Å². The Bertz CT molecular complexity index is 1190. The first-order valence-electron chi connectivity index (χ1n) is 11.1. The van der Waals surface area contributed by atoms with Crippen molar-refractivity contribution in [3.8, 4) is 0 Å². The van der Waals surface area contributed by atoms with Gasteiger partial charge < -0.3 is 10.2 Å². The highest BCUT2D eigenvalue weighted by molar-refractivity contribution is 7.92. The Morgan fingerprint density at radius 2 is 1.60 bits per heavy atom. The molecule has 2 aromatic rings. The number of nitrogens with one attached hydrogen (secondary N) is 1. The molecule has 0 saturated heterocycles. The molecule has 1 unspecified atom stereocenters. The Morgan fingerprint density at radius 1 is 1.03 bits per heavy atom. The third kappa shape index (κ3) is 7.85. The van der Waals surface area contributed by atoms with Crippen LogP contribution in [0.4, 0.5) is 5.69 Å². The van der Waals surface area contributed by atoms with E-state index >= 15 is 0 Å². The Morgan fingerprint density at radius 3 is 2.09 bits per heavy atom. The van der Waals surface area contributed by atoms with Gasteiger partial charge in [-0.2, -0.15) is 0 Å². The van der Waals surface area contributed by atoms with Crippen LogP contribution in [-0.2, 0) is 26.2 Å². The molecule has 0 aliphatic rings. The summed E-state index contributed by atoms with van der Waals surface area (Å²) in [6.07, 6.45) is 1.06. The number of hydrogen-bond acceptors (Lipinski definition) is 4. The van der Waals surface area contributed by atoms with Crippen molar-refractivity contribution in [2.24, 2.45) is 0 Å². The highest BCUT2D eigenvalue weighted by atomic mass is 35.5. The summed E-state index contributed by atoms with van der Waals surface area (Å²) in [5.41, 5.74) is 2.03. The molecule has 2 rings (SSSR count). The average Bonchev–Trinajstić information content (AvgIpc) is 2.71. The topological polar surface area (TPSA) is 86.8 Å². The van der Waals surface area contributed by atoms with E-state index in [0.29, 0.717) is 21.3 Å². The molecule has 192 valence electrons. The molecule has 0 aliphatic heterocycles. The number of benzene rings is 2. The van der Waals surface area contributed by atoms with E-state index in [4.69, 9.17) is 23.2 Å². The molecule has 1 N–H and O–H groups in total. The van der Waals surface area contributed by atoms with Crippen LogP contribution >= 0.6 is 23.2 Å². The fourth-order valence-electron chi connectivity index (χ4n) is 3.67. The number of para-hydroxylation sites is 1. The number of nitrogens with zero attached hydrogens (tertiary/aromatic N) is 2. The third-order valence-corrected chi connectivity index (χ3v) is 7.22. The van der Waals surface area contributed by atoms with Crippen LogP contribution in [0.1, 0.15) is 44.4 Å². The van der Waals surface area contributed by atoms with Crippen molar-refractivity contribution in [1.29, 1.82) is 0 Å². The molecule has 0 heterocycles. The molecule has 1 atom stereocenters. The van der Waals surface area contributed by atoms with Gasteiger partial charge in [-0.25, -0.2) is 8.42 Å². The van der Waals surface area contributed by atoms with Crippen LogP contribution in [-0.4, -0.2) is 49.5 Å². The van der Waals surface area contributed by atoms with Crippen LogP contribution in [0.3, 0.4) is 0 Å². The van der Waals surface area contributed by atoms with Gasteiger partial charge in [0.25, 0.3) is 0 Å². The van der Waals surface area contributed by atoms with E-state index in [1.54, 1.807) is 51.1 Å². The van der Waals surface area contributed by atoms with Gasteiger partial charge in [-0.15, -0.1) is 0 Å². The van der Waals surface area contributed by atoms with Gasteiger partial charge in [-0.3, -0.25) is 13.9 Å². The lowest BCUT2D eigenvalue weighted by molar-refractivity contribution is -0.140. The van der Waals surface area contributed by atoms with Gasteiger partial charge in [0.2, 0.25) is 21.8 Å². The molecule has 2 amide bonds. The number of hydrogen-bond donors (Lipinski definition) is 1. The summed E-state index contributed by atoms with van der Waals surface area (Å²) in [5.74, 6) is -0.885. The van der Waals surface area contributed by atoms with E-state index in [9.17, 15) is 18.0 Å². The maximum atomic E-state index is 13.6. The summed E-state index contributed by atoms with van der Waals surface area (Å²) in [6, 6.07) is 9.47. The molecular weight excluding hydrogens is 509 g/mol. The van der Waals surface area contributed by atoms with E-state index < -0.39 is 34.1 Å². The van der Waals surface area contributed by atoms with Gasteiger partial charge in [0.1, 0.15) is 12.6 Å². The summed E-state index contributed by atoms with van der Waals surface area (Å²) in [6.45, 7) is 10.3. The Balaban J connectivity index is 2.49. The van der Waals surface area contributed by atoms with E-state index in [-0.39, 0.29) is 12.5 Å². The fourth-order valence-corrected chi connectivity index (χ4v) is 4.95. The maximum absolute atomic E-state index is 13.6. The second-order valence-corrected chi connectivity index (χ2v) is 12.4. The van der Waals surface area contributed by atoms with Crippen LogP contribution < -0.4 is 9.62 Å². The van der Waals surface area contributed by atoms with Gasteiger partial charge in [0, 0.05) is 12.1 Å². The molecule has 0 aliphatic carbocycles. The predicted octanol–water partition coefficient (Wildman–Crippen LogP) is 4.71. The number of halogens is 2. The number of aryl methyl sites for hydroxylation is 2. The monoisotopic (exact) mass is 541 g/mol. The first-order chi connectivity index (χ1) is 16.0. The zero-order chi connectivity index (χ0) is 26.7. The smallest absolute Gasteiger partial charge is 0.244 e. The SMILES string of the molecule is Cc1cccc(C)c1N(CC(=O)N(Cc1ccc(Cl)c(Cl)c1)C(C)C(=O)NC(C)(C)C)S(C)(=O)=O. The quantitative estimate of drug-likeness (QED) is 0.524. The predicted molar refractivity (Wildman–Crippen MR) is 142 cm³/mol. The first-order valence-corrected chi connectivity index (χ1v) is 13.7. The molecule has 0 radical (unpaired) electrons. The molecular formula is C25H33Cl2N3O4S. The normalized spacial score (nSPS) is 12.7. The van der Waals surface area contributed by atoms with Crippen molar-refractivity contribution >= 4 is 50.7 Å². The molecule has 0 spiro atoms.